The number of anilines is 2. The van der Waals surface area contributed by atoms with Gasteiger partial charge in [0.2, 0.25) is 0 Å². The minimum Gasteiger partial charge on any atom is -0.423 e. The van der Waals surface area contributed by atoms with E-state index in [1.54, 1.807) is 0 Å². The van der Waals surface area contributed by atoms with Crippen LogP contribution in [0.3, 0.4) is 0 Å². The van der Waals surface area contributed by atoms with Gasteiger partial charge in [0.1, 0.15) is 5.52 Å². The summed E-state index contributed by atoms with van der Waals surface area (Å²) in [6, 6.07) is 7.10. The highest BCUT2D eigenvalue weighted by Crippen LogP contribution is 2.38. The molecule has 1 aromatic carbocycles. The molecule has 4 heteroatoms. The van der Waals surface area contributed by atoms with E-state index < -0.39 is 0 Å². The molecule has 20 heavy (non-hydrogen) atoms. The van der Waals surface area contributed by atoms with Crippen LogP contribution < -0.4 is 10.6 Å². The van der Waals surface area contributed by atoms with Gasteiger partial charge in [-0.25, -0.2) is 0 Å². The SMILES string of the molecule is Nc1ccc2oc(N3CCCC3C3CCCC3)nc2c1. The van der Waals surface area contributed by atoms with Gasteiger partial charge in [-0.2, -0.15) is 4.98 Å². The first-order chi connectivity index (χ1) is 9.81. The summed E-state index contributed by atoms with van der Waals surface area (Å²) in [6.45, 7) is 1.07. The normalized spacial score (nSPS) is 24.0. The molecule has 0 radical (unpaired) electrons. The molecule has 1 atom stereocenters. The number of oxazole rings is 1. The molecule has 0 bridgehead atoms. The quantitative estimate of drug-likeness (QED) is 0.848. The lowest BCUT2D eigenvalue weighted by Crippen LogP contribution is -2.34. The molecule has 1 aliphatic carbocycles. The first kappa shape index (κ1) is 12.1. The number of benzene rings is 1. The Labute approximate surface area is 118 Å². The Kier molecular flexibility index (Phi) is 2.83. The van der Waals surface area contributed by atoms with Gasteiger partial charge < -0.3 is 15.1 Å². The first-order valence-electron chi connectivity index (χ1n) is 7.74. The number of nitrogens with zero attached hydrogens (tertiary/aromatic N) is 2. The maximum absolute atomic E-state index is 5.96. The molecule has 2 aliphatic rings. The number of nitrogens with two attached hydrogens (primary N) is 1. The summed E-state index contributed by atoms with van der Waals surface area (Å²) < 4.78 is 5.96. The topological polar surface area (TPSA) is 55.3 Å². The number of fused-ring (bicyclic) bond motifs is 1. The summed E-state index contributed by atoms with van der Waals surface area (Å²) in [5.41, 5.74) is 8.27. The second-order valence-corrected chi connectivity index (χ2v) is 6.17. The number of nitrogen functional groups attached to an aromatic ring is 1. The lowest BCUT2D eigenvalue weighted by atomic mass is 9.96. The largest absolute Gasteiger partial charge is 0.423 e. The van der Waals surface area contributed by atoms with Crippen LogP contribution >= 0.6 is 0 Å². The molecule has 4 rings (SSSR count). The molecule has 1 saturated carbocycles. The summed E-state index contributed by atoms with van der Waals surface area (Å²) in [7, 11) is 0. The maximum Gasteiger partial charge on any atom is 0.298 e. The van der Waals surface area contributed by atoms with E-state index in [1.165, 1.54) is 38.5 Å². The van der Waals surface area contributed by atoms with Gasteiger partial charge in [-0.15, -0.1) is 0 Å². The summed E-state index contributed by atoms with van der Waals surface area (Å²) in [5, 5.41) is 0. The monoisotopic (exact) mass is 271 g/mol. The molecular formula is C16H21N3O. The average Bonchev–Trinajstić information content (AvgIpc) is 3.17. The summed E-state index contributed by atoms with van der Waals surface area (Å²) in [6.07, 6.45) is 8.05. The van der Waals surface area contributed by atoms with E-state index >= 15 is 0 Å². The van der Waals surface area contributed by atoms with Crippen LogP contribution in [0.5, 0.6) is 0 Å². The third-order valence-electron chi connectivity index (χ3n) is 4.89. The van der Waals surface area contributed by atoms with Crippen molar-refractivity contribution < 1.29 is 4.42 Å². The maximum atomic E-state index is 5.96. The van der Waals surface area contributed by atoms with Crippen LogP contribution in [0.15, 0.2) is 22.6 Å². The Balaban J connectivity index is 1.66. The van der Waals surface area contributed by atoms with Crippen molar-refractivity contribution in [1.82, 2.24) is 4.98 Å². The van der Waals surface area contributed by atoms with Gasteiger partial charge in [-0.05, 0) is 49.8 Å². The molecule has 0 amide bonds. The zero-order chi connectivity index (χ0) is 13.5. The van der Waals surface area contributed by atoms with Crippen molar-refractivity contribution in [2.45, 2.75) is 44.6 Å². The van der Waals surface area contributed by atoms with Crippen LogP contribution in [0.1, 0.15) is 38.5 Å². The van der Waals surface area contributed by atoms with Gasteiger partial charge in [0, 0.05) is 18.3 Å². The van der Waals surface area contributed by atoms with Crippen LogP contribution in [0, 0.1) is 5.92 Å². The van der Waals surface area contributed by atoms with Crippen molar-refractivity contribution in [2.75, 3.05) is 17.2 Å². The third-order valence-corrected chi connectivity index (χ3v) is 4.89. The van der Waals surface area contributed by atoms with E-state index in [-0.39, 0.29) is 0 Å². The van der Waals surface area contributed by atoms with Crippen molar-refractivity contribution in [2.24, 2.45) is 5.92 Å². The van der Waals surface area contributed by atoms with E-state index in [9.17, 15) is 0 Å². The van der Waals surface area contributed by atoms with Gasteiger partial charge in [0.25, 0.3) is 6.01 Å². The molecule has 2 heterocycles. The molecule has 106 valence electrons. The van der Waals surface area contributed by atoms with Crippen molar-refractivity contribution >= 4 is 22.8 Å². The number of aromatic nitrogens is 1. The Morgan fingerprint density at radius 2 is 2.00 bits per heavy atom. The minimum absolute atomic E-state index is 0.628. The third kappa shape index (κ3) is 1.94. The van der Waals surface area contributed by atoms with Gasteiger partial charge in [0.15, 0.2) is 5.58 Å². The second-order valence-electron chi connectivity index (χ2n) is 6.17. The Bertz CT molecular complexity index is 615. The molecule has 2 fully saturated rings. The molecule has 4 nitrogen and oxygen atoms in total. The van der Waals surface area contributed by atoms with Crippen LogP contribution in [-0.2, 0) is 0 Å². The highest BCUT2D eigenvalue weighted by atomic mass is 16.4. The fourth-order valence-electron chi connectivity index (χ4n) is 3.92. The first-order valence-corrected chi connectivity index (χ1v) is 7.74. The van der Waals surface area contributed by atoms with E-state index in [0.717, 1.165) is 35.3 Å². The Morgan fingerprint density at radius 1 is 1.15 bits per heavy atom. The summed E-state index contributed by atoms with van der Waals surface area (Å²) in [5.74, 6) is 0.831. The fraction of sp³-hybridized carbons (Fsp3) is 0.562. The average molecular weight is 271 g/mol. The predicted molar refractivity (Wildman–Crippen MR) is 80.7 cm³/mol. The lowest BCUT2D eigenvalue weighted by Gasteiger charge is -2.27. The van der Waals surface area contributed by atoms with E-state index in [4.69, 9.17) is 10.2 Å². The molecule has 2 N–H and O–H groups in total. The standard InChI is InChI=1S/C16H21N3O/c17-12-7-8-15-13(10-12)18-16(20-15)19-9-3-6-14(19)11-4-1-2-5-11/h7-8,10-11,14H,1-6,9,17H2. The second kappa shape index (κ2) is 4.69. The van der Waals surface area contributed by atoms with Crippen molar-refractivity contribution in [1.29, 1.82) is 0 Å². The molecule has 1 aliphatic heterocycles. The highest BCUT2D eigenvalue weighted by Gasteiger charge is 2.35. The summed E-state index contributed by atoms with van der Waals surface area (Å²) >= 11 is 0. The van der Waals surface area contributed by atoms with Gasteiger partial charge >= 0.3 is 0 Å². The molecule has 1 aromatic heterocycles. The summed E-state index contributed by atoms with van der Waals surface area (Å²) in [4.78, 5) is 7.05. The van der Waals surface area contributed by atoms with E-state index in [1.807, 2.05) is 18.2 Å². The molecule has 0 spiro atoms. The molecule has 1 unspecified atom stereocenters. The van der Waals surface area contributed by atoms with Crippen LogP contribution in [-0.4, -0.2) is 17.6 Å². The zero-order valence-corrected chi connectivity index (χ0v) is 11.7. The Morgan fingerprint density at radius 3 is 2.85 bits per heavy atom. The van der Waals surface area contributed by atoms with Gasteiger partial charge in [-0.3, -0.25) is 0 Å². The zero-order valence-electron chi connectivity index (χ0n) is 11.7. The lowest BCUT2D eigenvalue weighted by molar-refractivity contribution is 0.413. The number of hydrogen-bond acceptors (Lipinski definition) is 4. The smallest absolute Gasteiger partial charge is 0.298 e. The van der Waals surface area contributed by atoms with Crippen LogP contribution in [0.2, 0.25) is 0 Å². The van der Waals surface area contributed by atoms with Crippen molar-refractivity contribution in [3.8, 4) is 0 Å². The van der Waals surface area contributed by atoms with E-state index in [0.29, 0.717) is 6.04 Å². The highest BCUT2D eigenvalue weighted by molar-refractivity contribution is 5.78. The van der Waals surface area contributed by atoms with Crippen molar-refractivity contribution in [3.63, 3.8) is 0 Å². The molecular weight excluding hydrogens is 250 g/mol. The van der Waals surface area contributed by atoms with Crippen LogP contribution in [0.4, 0.5) is 11.7 Å². The van der Waals surface area contributed by atoms with Crippen molar-refractivity contribution in [3.05, 3.63) is 18.2 Å². The van der Waals surface area contributed by atoms with Gasteiger partial charge in [0.05, 0.1) is 0 Å². The predicted octanol–water partition coefficient (Wildman–Crippen LogP) is 3.57. The molecule has 1 saturated heterocycles. The molecule has 2 aromatic rings. The number of hydrogen-bond donors (Lipinski definition) is 1. The van der Waals surface area contributed by atoms with Gasteiger partial charge in [-0.1, -0.05) is 12.8 Å². The van der Waals surface area contributed by atoms with E-state index in [2.05, 4.69) is 9.88 Å². The minimum atomic E-state index is 0.628. The fourth-order valence-corrected chi connectivity index (χ4v) is 3.92. The number of rotatable bonds is 2. The van der Waals surface area contributed by atoms with Crippen LogP contribution in [0.25, 0.3) is 11.1 Å². The Hall–Kier alpha value is -1.71.